The van der Waals surface area contributed by atoms with Crippen LogP contribution in [0.15, 0.2) is 30.3 Å². The van der Waals surface area contributed by atoms with Gasteiger partial charge in [0, 0.05) is 12.3 Å². The molecule has 0 bridgehead atoms. The molecule has 0 fully saturated rings. The smallest absolute Gasteiger partial charge is 0.311 e. The lowest BCUT2D eigenvalue weighted by atomic mass is 10.1. The van der Waals surface area contributed by atoms with Gasteiger partial charge in [-0.25, -0.2) is 4.98 Å². The normalized spacial score (nSPS) is 11.6. The summed E-state index contributed by atoms with van der Waals surface area (Å²) in [7, 11) is 0. The number of halogens is 3. The molecule has 0 saturated heterocycles. The number of hydrogen-bond donors (Lipinski definition) is 1. The Kier molecular flexibility index (Phi) is 2.94. The average Bonchev–Trinajstić information content (AvgIpc) is 2.26. The van der Waals surface area contributed by atoms with E-state index in [1.54, 1.807) is 0 Å². The third-order valence-electron chi connectivity index (χ3n) is 2.32. The molecule has 18 heavy (non-hydrogen) atoms. The molecule has 0 aliphatic rings. The summed E-state index contributed by atoms with van der Waals surface area (Å²) in [5.41, 5.74) is -0.321. The molecule has 0 radical (unpaired) electrons. The van der Waals surface area contributed by atoms with Gasteiger partial charge in [0.2, 0.25) is 5.91 Å². The van der Waals surface area contributed by atoms with Crippen molar-refractivity contribution in [2.24, 2.45) is 0 Å². The van der Waals surface area contributed by atoms with Crippen molar-refractivity contribution in [3.05, 3.63) is 35.9 Å². The summed E-state index contributed by atoms with van der Waals surface area (Å²) in [6.07, 6.45) is -4.37. The van der Waals surface area contributed by atoms with E-state index in [2.05, 4.69) is 10.3 Å². The first kappa shape index (κ1) is 12.3. The summed E-state index contributed by atoms with van der Waals surface area (Å²) >= 11 is 0. The maximum absolute atomic E-state index is 12.5. The molecule has 1 aromatic carbocycles. The van der Waals surface area contributed by atoms with Crippen LogP contribution in [0.1, 0.15) is 12.5 Å². The minimum atomic E-state index is -4.37. The van der Waals surface area contributed by atoms with Crippen molar-refractivity contribution in [3.8, 4) is 0 Å². The highest BCUT2D eigenvalue weighted by Crippen LogP contribution is 2.31. The van der Waals surface area contributed by atoms with Crippen molar-refractivity contribution in [2.45, 2.75) is 13.1 Å². The standard InChI is InChI=1S/C12H9F3N2O/c1-7(18)16-11-5-2-8-6-9(12(13,14)15)3-4-10(8)17-11/h2-6H,1H3,(H,16,17,18). The first-order valence-corrected chi connectivity index (χ1v) is 5.12. The lowest BCUT2D eigenvalue weighted by Crippen LogP contribution is -2.07. The minimum absolute atomic E-state index is 0.284. The first-order valence-electron chi connectivity index (χ1n) is 5.12. The number of benzene rings is 1. The molecule has 1 amide bonds. The van der Waals surface area contributed by atoms with Crippen molar-refractivity contribution in [3.63, 3.8) is 0 Å². The van der Waals surface area contributed by atoms with Crippen molar-refractivity contribution in [1.82, 2.24) is 4.98 Å². The van der Waals surface area contributed by atoms with Crippen LogP contribution in [0.5, 0.6) is 0 Å². The van der Waals surface area contributed by atoms with E-state index >= 15 is 0 Å². The molecular weight excluding hydrogens is 245 g/mol. The van der Waals surface area contributed by atoms with Crippen LogP contribution in [0.25, 0.3) is 10.9 Å². The molecule has 0 aliphatic carbocycles. The maximum Gasteiger partial charge on any atom is 0.416 e. The first-order chi connectivity index (χ1) is 8.36. The topological polar surface area (TPSA) is 42.0 Å². The number of rotatable bonds is 1. The Morgan fingerprint density at radius 1 is 1.22 bits per heavy atom. The SMILES string of the molecule is CC(=O)Nc1ccc2cc(C(F)(F)F)ccc2n1. The van der Waals surface area contributed by atoms with Gasteiger partial charge in [0.05, 0.1) is 11.1 Å². The Hall–Kier alpha value is -2.11. The van der Waals surface area contributed by atoms with E-state index in [0.717, 1.165) is 12.1 Å². The zero-order valence-corrected chi connectivity index (χ0v) is 9.38. The van der Waals surface area contributed by atoms with E-state index in [4.69, 9.17) is 0 Å². The number of nitrogens with one attached hydrogen (secondary N) is 1. The summed E-state index contributed by atoms with van der Waals surface area (Å²) < 4.78 is 37.5. The number of pyridine rings is 1. The van der Waals surface area contributed by atoms with Gasteiger partial charge in [-0.2, -0.15) is 13.2 Å². The molecular formula is C12H9F3N2O. The van der Waals surface area contributed by atoms with Crippen molar-refractivity contribution in [2.75, 3.05) is 5.32 Å². The lowest BCUT2D eigenvalue weighted by molar-refractivity contribution is -0.137. The number of aromatic nitrogens is 1. The summed E-state index contributed by atoms with van der Waals surface area (Å²) in [6.45, 7) is 1.33. The predicted octanol–water partition coefficient (Wildman–Crippen LogP) is 3.21. The molecule has 1 N–H and O–H groups in total. The molecule has 0 atom stereocenters. The predicted molar refractivity (Wildman–Crippen MR) is 61.0 cm³/mol. The summed E-state index contributed by atoms with van der Waals surface area (Å²) in [4.78, 5) is 14.9. The fourth-order valence-corrected chi connectivity index (χ4v) is 1.55. The van der Waals surface area contributed by atoms with E-state index in [1.807, 2.05) is 0 Å². The van der Waals surface area contributed by atoms with Crippen LogP contribution in [0.3, 0.4) is 0 Å². The number of nitrogens with zero attached hydrogens (tertiary/aromatic N) is 1. The Morgan fingerprint density at radius 2 is 1.94 bits per heavy atom. The van der Waals surface area contributed by atoms with Gasteiger partial charge in [0.1, 0.15) is 5.82 Å². The third kappa shape index (κ3) is 2.58. The van der Waals surface area contributed by atoms with E-state index < -0.39 is 11.7 Å². The average molecular weight is 254 g/mol. The van der Waals surface area contributed by atoms with Crippen molar-refractivity contribution in [1.29, 1.82) is 0 Å². The molecule has 1 aromatic heterocycles. The van der Waals surface area contributed by atoms with Gasteiger partial charge in [0.15, 0.2) is 0 Å². The minimum Gasteiger partial charge on any atom is -0.311 e. The summed E-state index contributed by atoms with van der Waals surface area (Å²) in [5, 5.41) is 2.84. The molecule has 2 rings (SSSR count). The molecule has 6 heteroatoms. The van der Waals surface area contributed by atoms with Crippen LogP contribution in [-0.2, 0) is 11.0 Å². The Bertz CT molecular complexity index is 608. The second kappa shape index (κ2) is 4.29. The van der Waals surface area contributed by atoms with Gasteiger partial charge in [-0.15, -0.1) is 0 Å². The van der Waals surface area contributed by atoms with Crippen LogP contribution in [0.2, 0.25) is 0 Å². The maximum atomic E-state index is 12.5. The number of carbonyl (C=O) groups excluding carboxylic acids is 1. The largest absolute Gasteiger partial charge is 0.416 e. The highest BCUT2D eigenvalue weighted by atomic mass is 19.4. The van der Waals surface area contributed by atoms with Gasteiger partial charge in [-0.1, -0.05) is 0 Å². The molecule has 0 saturated carbocycles. The highest BCUT2D eigenvalue weighted by molar-refractivity contribution is 5.89. The van der Waals surface area contributed by atoms with Crippen LogP contribution in [-0.4, -0.2) is 10.9 Å². The van der Waals surface area contributed by atoms with Crippen LogP contribution in [0, 0.1) is 0 Å². The number of alkyl halides is 3. The second-order valence-electron chi connectivity index (χ2n) is 3.78. The number of fused-ring (bicyclic) bond motifs is 1. The summed E-state index contributed by atoms with van der Waals surface area (Å²) in [6, 6.07) is 6.23. The second-order valence-corrected chi connectivity index (χ2v) is 3.78. The Balaban J connectivity index is 2.45. The fraction of sp³-hybridized carbons (Fsp3) is 0.167. The molecule has 0 unspecified atom stereocenters. The van der Waals surface area contributed by atoms with Crippen LogP contribution >= 0.6 is 0 Å². The van der Waals surface area contributed by atoms with Gasteiger partial charge in [0.25, 0.3) is 0 Å². The number of hydrogen-bond acceptors (Lipinski definition) is 2. The highest BCUT2D eigenvalue weighted by Gasteiger charge is 2.30. The molecule has 1 heterocycles. The van der Waals surface area contributed by atoms with Gasteiger partial charge < -0.3 is 5.32 Å². The lowest BCUT2D eigenvalue weighted by Gasteiger charge is -2.08. The molecule has 0 spiro atoms. The molecule has 94 valence electrons. The number of carbonyl (C=O) groups is 1. The van der Waals surface area contributed by atoms with Crippen molar-refractivity contribution >= 4 is 22.6 Å². The molecule has 3 nitrogen and oxygen atoms in total. The van der Waals surface area contributed by atoms with Crippen LogP contribution in [0.4, 0.5) is 19.0 Å². The Morgan fingerprint density at radius 3 is 2.56 bits per heavy atom. The van der Waals surface area contributed by atoms with Gasteiger partial charge >= 0.3 is 6.18 Å². The summed E-state index contributed by atoms with van der Waals surface area (Å²) in [5.74, 6) is 0.0310. The third-order valence-corrected chi connectivity index (χ3v) is 2.32. The number of anilines is 1. The van der Waals surface area contributed by atoms with E-state index in [1.165, 1.54) is 25.1 Å². The zero-order chi connectivity index (χ0) is 13.3. The van der Waals surface area contributed by atoms with Gasteiger partial charge in [-0.3, -0.25) is 4.79 Å². The quantitative estimate of drug-likeness (QED) is 0.849. The number of amides is 1. The van der Waals surface area contributed by atoms with Gasteiger partial charge in [-0.05, 0) is 30.3 Å². The zero-order valence-electron chi connectivity index (χ0n) is 9.38. The van der Waals surface area contributed by atoms with E-state index in [9.17, 15) is 18.0 Å². The van der Waals surface area contributed by atoms with Crippen LogP contribution < -0.4 is 5.32 Å². The van der Waals surface area contributed by atoms with E-state index in [-0.39, 0.29) is 5.91 Å². The molecule has 0 aliphatic heterocycles. The monoisotopic (exact) mass is 254 g/mol. The van der Waals surface area contributed by atoms with E-state index in [0.29, 0.717) is 16.7 Å². The Labute approximate surface area is 101 Å². The fourth-order valence-electron chi connectivity index (χ4n) is 1.55. The van der Waals surface area contributed by atoms with Crippen molar-refractivity contribution < 1.29 is 18.0 Å². The molecule has 2 aromatic rings.